The number of rotatable bonds is 6. The van der Waals surface area contributed by atoms with Crippen LogP contribution in [0.5, 0.6) is 5.75 Å². The van der Waals surface area contributed by atoms with E-state index >= 15 is 0 Å². The Morgan fingerprint density at radius 1 is 1.06 bits per heavy atom. The topological polar surface area (TPSA) is 99.0 Å². The van der Waals surface area contributed by atoms with Crippen molar-refractivity contribution in [3.63, 3.8) is 0 Å². The quantitative estimate of drug-likeness (QED) is 0.446. The van der Waals surface area contributed by atoms with Crippen molar-refractivity contribution in [3.05, 3.63) is 87.9 Å². The molecule has 0 spiro atoms. The molecule has 0 aromatic heterocycles. The van der Waals surface area contributed by atoms with E-state index < -0.39 is 18.3 Å². The monoisotopic (exact) mass is 453 g/mol. The molecule has 3 aromatic rings. The zero-order valence-corrected chi connectivity index (χ0v) is 18.2. The number of aliphatic hydroxyl groups excluding tert-OH is 2. The van der Waals surface area contributed by atoms with Gasteiger partial charge < -0.3 is 25.4 Å². The number of aliphatic hydroxyl groups is 2. The van der Waals surface area contributed by atoms with E-state index in [0.29, 0.717) is 11.1 Å². The van der Waals surface area contributed by atoms with Crippen LogP contribution in [0.4, 0.5) is 4.79 Å². The molecule has 7 heteroatoms. The van der Waals surface area contributed by atoms with Crippen molar-refractivity contribution in [1.82, 2.24) is 5.32 Å². The fourth-order valence-corrected chi connectivity index (χ4v) is 4.38. The van der Waals surface area contributed by atoms with Gasteiger partial charge in [-0.3, -0.25) is 0 Å². The first-order chi connectivity index (χ1) is 15.4. The van der Waals surface area contributed by atoms with Crippen molar-refractivity contribution in [3.8, 4) is 16.9 Å². The fourth-order valence-electron chi connectivity index (χ4n) is 4.10. The lowest BCUT2D eigenvalue weighted by atomic mass is 9.98. The average molecular weight is 454 g/mol. The number of hydrogen-bond donors (Lipinski definition) is 4. The van der Waals surface area contributed by atoms with Crippen LogP contribution in [0.3, 0.4) is 0 Å². The summed E-state index contributed by atoms with van der Waals surface area (Å²) in [5, 5.41) is 33.0. The van der Waals surface area contributed by atoms with Gasteiger partial charge in [0.25, 0.3) is 0 Å². The highest BCUT2D eigenvalue weighted by molar-refractivity contribution is 6.32. The summed E-state index contributed by atoms with van der Waals surface area (Å²) in [6, 6.07) is 19.0. The van der Waals surface area contributed by atoms with Crippen LogP contribution in [-0.4, -0.2) is 40.7 Å². The van der Waals surface area contributed by atoms with Crippen LogP contribution in [0.1, 0.15) is 34.3 Å². The number of benzene rings is 3. The molecule has 2 atom stereocenters. The Bertz CT molecular complexity index is 1080. The summed E-state index contributed by atoms with van der Waals surface area (Å²) >= 11 is 5.94. The highest BCUT2D eigenvalue weighted by atomic mass is 35.5. The first kappa shape index (κ1) is 22.1. The molecule has 4 N–H and O–H groups in total. The van der Waals surface area contributed by atoms with Crippen molar-refractivity contribution >= 4 is 17.7 Å². The Morgan fingerprint density at radius 3 is 2.25 bits per heavy atom. The van der Waals surface area contributed by atoms with Gasteiger partial charge in [-0.1, -0.05) is 60.1 Å². The molecule has 4 rings (SSSR count). The number of halogens is 1. The van der Waals surface area contributed by atoms with Crippen LogP contribution in [0.15, 0.2) is 60.7 Å². The molecule has 0 saturated carbocycles. The lowest BCUT2D eigenvalue weighted by Gasteiger charge is -2.20. The zero-order chi connectivity index (χ0) is 22.8. The minimum absolute atomic E-state index is 0.0641. The second-order valence-electron chi connectivity index (χ2n) is 7.89. The molecule has 0 fully saturated rings. The molecular weight excluding hydrogens is 430 g/mol. The van der Waals surface area contributed by atoms with Gasteiger partial charge in [-0.05, 0) is 52.4 Å². The van der Waals surface area contributed by atoms with Gasteiger partial charge in [-0.25, -0.2) is 4.79 Å². The average Bonchev–Trinajstić information content (AvgIpc) is 3.12. The van der Waals surface area contributed by atoms with Crippen LogP contribution in [0, 0.1) is 6.92 Å². The van der Waals surface area contributed by atoms with Gasteiger partial charge in [-0.2, -0.15) is 0 Å². The number of phenolic OH excluding ortho intramolecular Hbond substituents is 1. The van der Waals surface area contributed by atoms with Gasteiger partial charge in [0.2, 0.25) is 0 Å². The van der Waals surface area contributed by atoms with E-state index in [-0.39, 0.29) is 29.8 Å². The highest BCUT2D eigenvalue weighted by Gasteiger charge is 2.29. The van der Waals surface area contributed by atoms with E-state index in [1.54, 1.807) is 6.92 Å². The van der Waals surface area contributed by atoms with Crippen molar-refractivity contribution in [2.45, 2.75) is 25.0 Å². The van der Waals surface area contributed by atoms with E-state index in [9.17, 15) is 20.1 Å². The number of nitrogens with one attached hydrogen (secondary N) is 1. The summed E-state index contributed by atoms with van der Waals surface area (Å²) < 4.78 is 5.43. The number of carbonyl (C=O) groups is 1. The second kappa shape index (κ2) is 9.20. The molecule has 166 valence electrons. The van der Waals surface area contributed by atoms with Gasteiger partial charge in [-0.15, -0.1) is 0 Å². The lowest BCUT2D eigenvalue weighted by Crippen LogP contribution is -2.36. The maximum absolute atomic E-state index is 12.3. The number of carbonyl (C=O) groups excluding carboxylic acids is 1. The molecule has 1 amide bonds. The minimum Gasteiger partial charge on any atom is -0.506 e. The van der Waals surface area contributed by atoms with Gasteiger partial charge in [0.05, 0.1) is 5.02 Å². The molecule has 3 aromatic carbocycles. The number of amides is 1. The van der Waals surface area contributed by atoms with Gasteiger partial charge in [0, 0.05) is 12.5 Å². The molecule has 1 aliphatic carbocycles. The number of phenols is 1. The predicted molar refractivity (Wildman–Crippen MR) is 122 cm³/mol. The van der Waals surface area contributed by atoms with Crippen molar-refractivity contribution < 1.29 is 24.9 Å². The molecular formula is C25H24ClNO5. The summed E-state index contributed by atoms with van der Waals surface area (Å²) in [5.74, 6) is -0.139. The maximum Gasteiger partial charge on any atom is 0.407 e. The number of ether oxygens (including phenoxy) is 1. The van der Waals surface area contributed by atoms with Crippen LogP contribution in [-0.2, 0) is 4.74 Å². The fraction of sp³-hybridized carbons (Fsp3) is 0.240. The molecule has 6 nitrogen and oxygen atoms in total. The number of hydrogen-bond acceptors (Lipinski definition) is 5. The van der Waals surface area contributed by atoms with E-state index in [0.717, 1.165) is 22.3 Å². The number of aryl methyl sites for hydroxylation is 1. The van der Waals surface area contributed by atoms with Crippen molar-refractivity contribution in [1.29, 1.82) is 0 Å². The lowest BCUT2D eigenvalue weighted by molar-refractivity contribution is 0.0185. The first-order valence-electron chi connectivity index (χ1n) is 10.3. The third-order valence-corrected chi connectivity index (χ3v) is 6.07. The smallest absolute Gasteiger partial charge is 0.407 e. The summed E-state index contributed by atoms with van der Waals surface area (Å²) in [6.45, 7) is 1.58. The molecule has 2 unspecified atom stereocenters. The van der Waals surface area contributed by atoms with Gasteiger partial charge in [0.15, 0.2) is 0 Å². The highest BCUT2D eigenvalue weighted by Crippen LogP contribution is 2.44. The van der Waals surface area contributed by atoms with Crippen LogP contribution < -0.4 is 5.32 Å². The Labute approximate surface area is 191 Å². The minimum atomic E-state index is -1.29. The summed E-state index contributed by atoms with van der Waals surface area (Å²) in [5.41, 5.74) is 5.31. The molecule has 1 aliphatic rings. The Hall–Kier alpha value is -3.06. The maximum atomic E-state index is 12.3. The van der Waals surface area contributed by atoms with Crippen LogP contribution >= 0.6 is 11.6 Å². The number of fused-ring (bicyclic) bond motifs is 3. The van der Waals surface area contributed by atoms with Crippen LogP contribution in [0.2, 0.25) is 5.02 Å². The van der Waals surface area contributed by atoms with Crippen molar-refractivity contribution in [2.75, 3.05) is 13.2 Å². The molecule has 0 radical (unpaired) electrons. The van der Waals surface area contributed by atoms with Gasteiger partial charge in [0.1, 0.15) is 24.6 Å². The van der Waals surface area contributed by atoms with E-state index in [2.05, 4.69) is 17.4 Å². The largest absolute Gasteiger partial charge is 0.506 e. The molecule has 0 saturated heterocycles. The normalized spacial score (nSPS) is 14.4. The predicted octanol–water partition coefficient (Wildman–Crippen LogP) is 4.29. The first-order valence-corrected chi connectivity index (χ1v) is 10.7. The van der Waals surface area contributed by atoms with E-state index in [1.165, 1.54) is 12.1 Å². The Morgan fingerprint density at radius 2 is 1.66 bits per heavy atom. The van der Waals surface area contributed by atoms with Gasteiger partial charge >= 0.3 is 6.09 Å². The third kappa shape index (κ3) is 4.30. The third-order valence-electron chi connectivity index (χ3n) is 5.78. The van der Waals surface area contributed by atoms with E-state index in [4.69, 9.17) is 16.3 Å². The molecule has 32 heavy (non-hydrogen) atoms. The SMILES string of the molecule is Cc1cc(C(O)C(O)CNC(=O)OCC2c3ccccc3-c3ccccc32)cc(Cl)c1O. The summed E-state index contributed by atoms with van der Waals surface area (Å²) in [7, 11) is 0. The van der Waals surface area contributed by atoms with E-state index in [1.807, 2.05) is 36.4 Å². The Balaban J connectivity index is 1.35. The second-order valence-corrected chi connectivity index (χ2v) is 8.29. The molecule has 0 aliphatic heterocycles. The summed E-state index contributed by atoms with van der Waals surface area (Å²) in [6.07, 6.45) is -3.26. The zero-order valence-electron chi connectivity index (χ0n) is 17.5. The number of aromatic hydroxyl groups is 1. The summed E-state index contributed by atoms with van der Waals surface area (Å²) in [4.78, 5) is 12.3. The molecule has 0 heterocycles. The Kier molecular flexibility index (Phi) is 6.37. The molecule has 0 bridgehead atoms. The number of alkyl carbamates (subject to hydrolysis) is 1. The standard InChI is InChI=1S/C25H24ClNO5/c1-14-10-15(11-21(26)23(14)29)24(30)22(28)12-27-25(31)32-13-20-18-8-4-2-6-16(18)17-7-3-5-9-19(17)20/h2-11,20,22,24,28-30H,12-13H2,1H3,(H,27,31). The van der Waals surface area contributed by atoms with Crippen molar-refractivity contribution in [2.24, 2.45) is 0 Å². The van der Waals surface area contributed by atoms with Crippen LogP contribution in [0.25, 0.3) is 11.1 Å².